The zero-order valence-electron chi connectivity index (χ0n) is 2.18. The third kappa shape index (κ3) is 21.9. The van der Waals surface area contributed by atoms with Crippen LogP contribution in [0.1, 0.15) is 0 Å². The van der Waals surface area contributed by atoms with E-state index in [9.17, 15) is 0 Å². The van der Waals surface area contributed by atoms with Crippen LogP contribution in [0.5, 0.6) is 0 Å². The van der Waals surface area contributed by atoms with Crippen LogP contribution >= 0.6 is 0 Å². The number of hydrogen-bond acceptors (Lipinski definition) is 1. The van der Waals surface area contributed by atoms with Gasteiger partial charge in [-0.1, -0.05) is 0 Å². The summed E-state index contributed by atoms with van der Waals surface area (Å²) < 4.78 is 8.28. The van der Waals surface area contributed by atoms with Gasteiger partial charge >= 0.3 is 20.0 Å². The van der Waals surface area contributed by atoms with E-state index in [0.717, 1.165) is 0 Å². The molecule has 0 aliphatic heterocycles. The molecule has 0 atom stereocenters. The van der Waals surface area contributed by atoms with E-state index in [1.165, 1.54) is 0 Å². The number of hydrogen-bond donors (Lipinski definition) is 0. The van der Waals surface area contributed by atoms with Crippen molar-refractivity contribution >= 4 is 33.6 Å². The zero-order valence-corrected chi connectivity index (χ0v) is 10.2. The van der Waals surface area contributed by atoms with Crippen LogP contribution in [-0.2, 0) is 48.5 Å². The van der Waals surface area contributed by atoms with Gasteiger partial charge in [0.25, 0.3) is 0 Å². The van der Waals surface area contributed by atoms with Crippen LogP contribution in [-0.4, -0.2) is 33.6 Å². The summed E-state index contributed by atoms with van der Waals surface area (Å²) in [7, 11) is 0. The molecule has 0 heterocycles. The van der Waals surface area contributed by atoms with Gasteiger partial charge in [-0.3, -0.25) is 0 Å². The van der Waals surface area contributed by atoms with Crippen molar-refractivity contribution in [2.45, 2.75) is 0 Å². The van der Waals surface area contributed by atoms with E-state index in [-0.39, 0.29) is 62.1 Å². The van der Waals surface area contributed by atoms with Crippen LogP contribution in [0.25, 0.3) is 0 Å². The van der Waals surface area contributed by atoms with Crippen LogP contribution in [0.4, 0.5) is 0 Å². The molecule has 1 nitrogen and oxygen atoms in total. The molecule has 0 saturated heterocycles. The van der Waals surface area contributed by atoms with E-state index in [4.69, 9.17) is 3.80 Å². The Labute approximate surface area is 81.0 Å². The van der Waals surface area contributed by atoms with Gasteiger partial charge in [-0.25, -0.2) is 0 Å². The van der Waals surface area contributed by atoms with Gasteiger partial charge < -0.3 is 0 Å². The van der Waals surface area contributed by atoms with Crippen molar-refractivity contribution in [3.63, 3.8) is 0 Å². The van der Waals surface area contributed by atoms with Gasteiger partial charge in [0.05, 0.1) is 0 Å². The minimum absolute atomic E-state index is 0. The first-order valence-corrected chi connectivity index (χ1v) is 0.866. The Morgan fingerprint density at radius 1 is 1.20 bits per heavy atom. The summed E-state index contributed by atoms with van der Waals surface area (Å²) >= 11 is 0.611. The fraction of sp³-hybridized carbons (Fsp3) is 0. The second-order valence-electron chi connectivity index (χ2n) is 0. The molecule has 0 aliphatic rings. The SMILES string of the molecule is [AlH3].[Fe].[Hg].[O]=[AlH]. The van der Waals surface area contributed by atoms with Crippen LogP contribution in [0, 0.1) is 0 Å². The molecule has 0 aromatic carbocycles. The van der Waals surface area contributed by atoms with Crippen LogP contribution in [0.3, 0.4) is 0 Å². The van der Waals surface area contributed by atoms with Gasteiger partial charge in [0.2, 0.25) is 0 Å². The van der Waals surface area contributed by atoms with E-state index in [2.05, 4.69) is 0 Å². The molecule has 0 N–H and O–H groups in total. The first-order chi connectivity index (χ1) is 1.00. The molecule has 0 aromatic heterocycles. The molecule has 0 unspecified atom stereocenters. The summed E-state index contributed by atoms with van der Waals surface area (Å²) in [5, 5.41) is 0. The van der Waals surface area contributed by atoms with E-state index in [0.29, 0.717) is 16.2 Å². The van der Waals surface area contributed by atoms with E-state index >= 15 is 0 Å². The van der Waals surface area contributed by atoms with Crippen molar-refractivity contribution in [3.05, 3.63) is 0 Å². The summed E-state index contributed by atoms with van der Waals surface area (Å²) in [5.41, 5.74) is 0. The van der Waals surface area contributed by atoms with Crippen molar-refractivity contribution in [2.24, 2.45) is 0 Å². The standard InChI is InChI=1S/2Al.Fe.Hg.O.4H. The van der Waals surface area contributed by atoms with Crippen LogP contribution in [0.2, 0.25) is 0 Å². The Morgan fingerprint density at radius 3 is 1.20 bits per heavy atom. The molecular weight excluding hydrogens is 326 g/mol. The van der Waals surface area contributed by atoms with Crippen LogP contribution < -0.4 is 0 Å². The van der Waals surface area contributed by atoms with Gasteiger partial charge in [0, 0.05) is 44.7 Å². The molecule has 0 saturated carbocycles. The summed E-state index contributed by atoms with van der Waals surface area (Å²) in [4.78, 5) is 0. The predicted molar refractivity (Wildman–Crippen MR) is 17.8 cm³/mol. The van der Waals surface area contributed by atoms with Gasteiger partial charge in [0.15, 0.2) is 17.4 Å². The molecule has 0 aromatic rings. The Bertz CT molecular complexity index is 9.61. The fourth-order valence-electron chi connectivity index (χ4n) is 0. The summed E-state index contributed by atoms with van der Waals surface area (Å²) in [6.45, 7) is 0. The fourth-order valence-corrected chi connectivity index (χ4v) is 0. The zero-order chi connectivity index (χ0) is 2.00. The summed E-state index contributed by atoms with van der Waals surface area (Å²) in [6.07, 6.45) is 0. The molecule has 0 rings (SSSR count). The summed E-state index contributed by atoms with van der Waals surface area (Å²) in [5.74, 6) is 0. The second kappa shape index (κ2) is 33.2. The van der Waals surface area contributed by atoms with E-state index < -0.39 is 0 Å². The quantitative estimate of drug-likeness (QED) is 0.472. The molecule has 5 heavy (non-hydrogen) atoms. The molecule has 5 heteroatoms. The molecule has 0 amide bonds. The first-order valence-electron chi connectivity index (χ1n) is 0.289. The normalized spacial score (nSPS) is 0.600. The van der Waals surface area contributed by atoms with Crippen LogP contribution in [0.15, 0.2) is 0 Å². The monoisotopic (exact) mass is 332 g/mol. The van der Waals surface area contributed by atoms with Crippen molar-refractivity contribution in [2.75, 3.05) is 0 Å². The second-order valence-corrected chi connectivity index (χ2v) is 0. The average Bonchev–Trinajstić information content (AvgIpc) is 1.00. The van der Waals surface area contributed by atoms with Gasteiger partial charge in [-0.15, -0.1) is 0 Å². The van der Waals surface area contributed by atoms with Gasteiger partial charge in [0.1, 0.15) is 0 Å². The average molecular weight is 330 g/mol. The Hall–Kier alpha value is 2.32. The third-order valence-corrected chi connectivity index (χ3v) is 0. The third-order valence-electron chi connectivity index (χ3n) is 0. The first kappa shape index (κ1) is 26.5. The minimum atomic E-state index is 0. The molecule has 0 bridgehead atoms. The molecular formula is H4Al2FeHgO. The maximum absolute atomic E-state index is 8.28. The van der Waals surface area contributed by atoms with Gasteiger partial charge in [-0.05, 0) is 0 Å². The molecule has 0 aliphatic carbocycles. The molecule has 0 radical (unpaired) electrons. The van der Waals surface area contributed by atoms with Crippen molar-refractivity contribution in [1.29, 1.82) is 0 Å². The van der Waals surface area contributed by atoms with E-state index in [1.54, 1.807) is 0 Å². The van der Waals surface area contributed by atoms with Crippen molar-refractivity contribution in [1.82, 2.24) is 0 Å². The summed E-state index contributed by atoms with van der Waals surface area (Å²) in [6, 6.07) is 0. The maximum atomic E-state index is 8.28. The topological polar surface area (TPSA) is 17.1 Å². The molecule has 0 spiro atoms. The Balaban J connectivity index is -0.00000000167. The predicted octanol–water partition coefficient (Wildman–Crippen LogP) is -1.96. The van der Waals surface area contributed by atoms with E-state index in [1.807, 2.05) is 0 Å². The molecule has 0 fully saturated rings. The van der Waals surface area contributed by atoms with Gasteiger partial charge in [-0.2, -0.15) is 0 Å². The Kier molecular flexibility index (Phi) is 176. The van der Waals surface area contributed by atoms with Crippen molar-refractivity contribution in [3.8, 4) is 0 Å². The van der Waals surface area contributed by atoms with Crippen molar-refractivity contribution < 1.29 is 48.5 Å². The number of rotatable bonds is 0. The Morgan fingerprint density at radius 2 is 1.20 bits per heavy atom. The molecule has 26 valence electrons.